The van der Waals surface area contributed by atoms with Crippen LogP contribution in [0.1, 0.15) is 0 Å². The molecule has 0 aromatic heterocycles. The minimum Gasteiger partial charge on any atom is -0.398 e. The molecule has 0 aliphatic carbocycles. The first-order valence-corrected chi connectivity index (χ1v) is 6.73. The minimum absolute atomic E-state index is 0.706. The molecule has 0 aliphatic rings. The molecule has 0 saturated heterocycles. The maximum Gasteiger partial charge on any atom is 0.0394 e. The Labute approximate surface area is 89.7 Å². The Morgan fingerprint density at radius 1 is 1.13 bits per heavy atom. The molecule has 0 aliphatic heterocycles. The molecule has 0 saturated carbocycles. The Bertz CT molecular complexity index is 615. The number of hydrogen-bond acceptors (Lipinski definition) is 2. The zero-order valence-electron chi connectivity index (χ0n) is 8.57. The van der Waals surface area contributed by atoms with Crippen LogP contribution in [0.15, 0.2) is 41.3 Å². The van der Waals surface area contributed by atoms with Gasteiger partial charge in [-0.2, -0.15) is 0 Å². The van der Waals surface area contributed by atoms with Gasteiger partial charge < -0.3 is 5.73 Å². The molecule has 0 heterocycles. The lowest BCUT2D eigenvalue weighted by molar-refractivity contribution is 0.685. The van der Waals surface area contributed by atoms with Gasteiger partial charge in [-0.25, -0.2) is 0 Å². The van der Waals surface area contributed by atoms with Crippen molar-refractivity contribution in [1.82, 2.24) is 0 Å². The molecule has 0 spiro atoms. The third-order valence-corrected chi connectivity index (χ3v) is 3.67. The molecule has 2 rings (SSSR count). The van der Waals surface area contributed by atoms with Crippen LogP contribution in [0.5, 0.6) is 0 Å². The van der Waals surface area contributed by atoms with Crippen LogP contribution in [0.4, 0.5) is 5.69 Å². The van der Waals surface area contributed by atoms with E-state index in [0.29, 0.717) is 5.69 Å². The highest BCUT2D eigenvalue weighted by atomic mass is 32.2. The van der Waals surface area contributed by atoms with Gasteiger partial charge in [0.15, 0.2) is 0 Å². The minimum atomic E-state index is -2.20. The third-order valence-electron chi connectivity index (χ3n) is 2.38. The normalized spacial score (nSPS) is 15.0. The summed E-state index contributed by atoms with van der Waals surface area (Å²) in [6.07, 6.45) is 1.64. The van der Waals surface area contributed by atoms with Gasteiger partial charge in [0.25, 0.3) is 0 Å². The molecule has 2 N–H and O–H groups in total. The second-order valence-corrected chi connectivity index (χ2v) is 6.15. The molecule has 1 unspecified atom stereocenters. The number of nitrogen functional groups attached to an aromatic ring is 1. The molecule has 2 aromatic rings. The standard InChI is InChI=1S/C12H13NOS/c1-15(2,14)12-8-4-5-9-10(12)6-3-7-11(9)13/h3-8H,1,13H2,2H3. The average Bonchev–Trinajstić information content (AvgIpc) is 2.16. The predicted octanol–water partition coefficient (Wildman–Crippen LogP) is 2.13. The van der Waals surface area contributed by atoms with Crippen molar-refractivity contribution in [2.75, 3.05) is 12.0 Å². The van der Waals surface area contributed by atoms with Gasteiger partial charge in [-0.3, -0.25) is 4.21 Å². The highest BCUT2D eigenvalue weighted by molar-refractivity contribution is 7.99. The molecule has 0 bridgehead atoms. The summed E-state index contributed by atoms with van der Waals surface area (Å²) < 4.78 is 12.0. The quantitative estimate of drug-likeness (QED) is 0.590. The van der Waals surface area contributed by atoms with E-state index >= 15 is 0 Å². The van der Waals surface area contributed by atoms with E-state index in [2.05, 4.69) is 5.87 Å². The van der Waals surface area contributed by atoms with Gasteiger partial charge in [-0.1, -0.05) is 24.3 Å². The van der Waals surface area contributed by atoms with Crippen LogP contribution in [-0.2, 0) is 9.52 Å². The molecule has 2 aromatic carbocycles. The Hall–Kier alpha value is -1.48. The van der Waals surface area contributed by atoms with Gasteiger partial charge in [0, 0.05) is 22.2 Å². The van der Waals surface area contributed by atoms with E-state index in [1.165, 1.54) is 0 Å². The van der Waals surface area contributed by atoms with E-state index in [1.807, 2.05) is 36.4 Å². The number of rotatable bonds is 1. The Kier molecular flexibility index (Phi) is 2.20. The van der Waals surface area contributed by atoms with Crippen LogP contribution in [0, 0.1) is 0 Å². The van der Waals surface area contributed by atoms with Gasteiger partial charge in [-0.05, 0) is 32.9 Å². The molecule has 15 heavy (non-hydrogen) atoms. The fourth-order valence-electron chi connectivity index (χ4n) is 1.68. The van der Waals surface area contributed by atoms with Crippen LogP contribution < -0.4 is 5.73 Å². The topological polar surface area (TPSA) is 43.1 Å². The Balaban J connectivity index is 2.96. The van der Waals surface area contributed by atoms with E-state index in [0.717, 1.165) is 15.7 Å². The fourth-order valence-corrected chi connectivity index (χ4v) is 2.69. The number of hydrogen-bond donors (Lipinski definition) is 1. The smallest absolute Gasteiger partial charge is 0.0394 e. The molecule has 0 fully saturated rings. The van der Waals surface area contributed by atoms with E-state index in [-0.39, 0.29) is 0 Å². The summed E-state index contributed by atoms with van der Waals surface area (Å²) in [5, 5.41) is 1.87. The summed E-state index contributed by atoms with van der Waals surface area (Å²) in [6, 6.07) is 11.3. The van der Waals surface area contributed by atoms with Crippen molar-refractivity contribution < 1.29 is 4.21 Å². The fraction of sp³-hybridized carbons (Fsp3) is 0.0833. The number of fused-ring (bicyclic) bond motifs is 1. The number of benzene rings is 2. The highest BCUT2D eigenvalue weighted by Gasteiger charge is 2.07. The van der Waals surface area contributed by atoms with Crippen molar-refractivity contribution in [3.63, 3.8) is 0 Å². The molecule has 1 atom stereocenters. The monoisotopic (exact) mass is 219 g/mol. The molecular formula is C12H13NOS. The van der Waals surface area contributed by atoms with Gasteiger partial charge in [-0.15, -0.1) is 0 Å². The van der Waals surface area contributed by atoms with Gasteiger partial charge in [0.2, 0.25) is 0 Å². The van der Waals surface area contributed by atoms with Crippen LogP contribution >= 0.6 is 0 Å². The molecule has 0 radical (unpaired) electrons. The SMILES string of the molecule is C=S(C)(=O)c1cccc2c(N)cccc12. The summed E-state index contributed by atoms with van der Waals surface area (Å²) in [5.74, 6) is 3.71. The van der Waals surface area contributed by atoms with E-state index in [1.54, 1.807) is 6.26 Å². The first-order valence-electron chi connectivity index (χ1n) is 4.59. The van der Waals surface area contributed by atoms with Crippen molar-refractivity contribution in [2.24, 2.45) is 0 Å². The molecule has 78 valence electrons. The first-order chi connectivity index (χ1) is 7.00. The Morgan fingerprint density at radius 3 is 2.40 bits per heavy atom. The summed E-state index contributed by atoms with van der Waals surface area (Å²) >= 11 is 0. The maximum absolute atomic E-state index is 12.0. The predicted molar refractivity (Wildman–Crippen MR) is 67.8 cm³/mol. The van der Waals surface area contributed by atoms with E-state index < -0.39 is 9.52 Å². The van der Waals surface area contributed by atoms with Crippen molar-refractivity contribution in [1.29, 1.82) is 0 Å². The third kappa shape index (κ3) is 1.70. The highest BCUT2D eigenvalue weighted by Crippen LogP contribution is 2.26. The zero-order chi connectivity index (χ0) is 11.1. The lowest BCUT2D eigenvalue weighted by Gasteiger charge is -2.08. The summed E-state index contributed by atoms with van der Waals surface area (Å²) in [4.78, 5) is 0.771. The number of anilines is 1. The maximum atomic E-state index is 12.0. The van der Waals surface area contributed by atoms with Crippen LogP contribution in [-0.4, -0.2) is 16.3 Å². The van der Waals surface area contributed by atoms with Crippen LogP contribution in [0.2, 0.25) is 0 Å². The molecular weight excluding hydrogens is 206 g/mol. The van der Waals surface area contributed by atoms with Crippen molar-refractivity contribution in [3.05, 3.63) is 36.4 Å². The second kappa shape index (κ2) is 3.28. The summed E-state index contributed by atoms with van der Waals surface area (Å²) in [6.45, 7) is 0. The summed E-state index contributed by atoms with van der Waals surface area (Å²) in [7, 11) is -2.20. The van der Waals surface area contributed by atoms with E-state index in [9.17, 15) is 4.21 Å². The average molecular weight is 219 g/mol. The zero-order valence-corrected chi connectivity index (χ0v) is 9.38. The van der Waals surface area contributed by atoms with Crippen molar-refractivity contribution in [3.8, 4) is 0 Å². The molecule has 0 amide bonds. The van der Waals surface area contributed by atoms with Crippen LogP contribution in [0.25, 0.3) is 10.8 Å². The van der Waals surface area contributed by atoms with E-state index in [4.69, 9.17) is 5.73 Å². The van der Waals surface area contributed by atoms with Crippen LogP contribution in [0.3, 0.4) is 0 Å². The van der Waals surface area contributed by atoms with Crippen molar-refractivity contribution >= 4 is 31.9 Å². The summed E-state index contributed by atoms with van der Waals surface area (Å²) in [5.41, 5.74) is 6.56. The van der Waals surface area contributed by atoms with Gasteiger partial charge >= 0.3 is 0 Å². The number of nitrogens with two attached hydrogens (primary N) is 1. The molecule has 2 nitrogen and oxygen atoms in total. The van der Waals surface area contributed by atoms with Gasteiger partial charge in [0.05, 0.1) is 0 Å². The lowest BCUT2D eigenvalue weighted by atomic mass is 10.1. The first kappa shape index (κ1) is 10.1. The molecule has 3 heteroatoms. The largest absolute Gasteiger partial charge is 0.398 e. The second-order valence-electron chi connectivity index (χ2n) is 3.70. The van der Waals surface area contributed by atoms with Gasteiger partial charge in [0.1, 0.15) is 0 Å². The lowest BCUT2D eigenvalue weighted by Crippen LogP contribution is -1.98. The van der Waals surface area contributed by atoms with Crippen molar-refractivity contribution in [2.45, 2.75) is 4.90 Å². The Morgan fingerprint density at radius 2 is 1.73 bits per heavy atom.